The van der Waals surface area contributed by atoms with Crippen LogP contribution in [-0.2, 0) is 129 Å². The fourth-order valence-electron chi connectivity index (χ4n) is 8.14. The number of ketones is 4. The molecule has 0 aromatic rings. The zero-order valence-electron chi connectivity index (χ0n) is 94.0. The van der Waals surface area contributed by atoms with E-state index in [0.29, 0.717) is 175 Å². The minimum absolute atomic E-state index is 0.00547. The lowest BCUT2D eigenvalue weighted by atomic mass is 10.1. The maximum atomic E-state index is 11.4. The first-order valence-electron chi connectivity index (χ1n) is 50.6. The molecule has 140 heavy (non-hydrogen) atoms. The topological polar surface area (TPSA) is 343 Å². The number of carbonyl (C=O) groups excluding carboxylic acids is 12. The van der Waals surface area contributed by atoms with Gasteiger partial charge in [0, 0.05) is 153 Å². The fraction of sp³-hybridized carbons (Fsp3) is 0.885. The molecular weight excluding hydrogens is 1970 g/mol. The Morgan fingerprint density at radius 1 is 0.207 bits per heavy atom. The molecule has 0 aliphatic heterocycles. The van der Waals surface area contributed by atoms with Crippen molar-refractivity contribution in [3.63, 3.8) is 0 Å². The Kier molecular flexibility index (Phi) is 124. The number of Topliss-reactive ketones (excluding diaryl/α,β-unsaturated/α-hetero) is 4. The van der Waals surface area contributed by atoms with Crippen LogP contribution in [0.3, 0.4) is 0 Å². The standard InChI is InChI=1S/C15H28O4S2.C14H28O3S2.C12H22O4.C12H22O3S2.C11H22O3S.C11H22O2.C10H20O3S.C10H20O3.C9H18O2S/c1-12(2)14(16)6-5-7-18-8-10-20-21-11-9-19-15(17)13(3)4;1-12(2)6-5-7-16-8-10-18-19-11-9-17-14(15)13(3)4;1-9(2)11(13)8-15-7-5-6-12(14)16-10(3)4;1-9(2)11(13)5-7-16-17-8-6-15-12(14)10(3)4;1-9(2)14-11(12)6-5-7-13-8-15-10(3)4;1-9(2)8-13-7-5-6-11(12)10(3)4;1-8(2)10(11)13-6-5-12-7-14-9(3)4;1-8(2)7-12-5-6-13-10(11)9(3)4;1-7(2)9(10)11-5-6-12-8(3)4/h12-13H,5-11H2,1-4H3;12-13H,5-11H2,1-4H3;9-10H,5-8H2,1-4H3;9-10H,5-8H2,1-4H3;9-10H,5-8H2,1-4H3;9-10H,5-8H2,1-4H3;8-9H,5-7H2,1-4H3;8-9H,5-7H2,1-4H3;7-8H,5-6H2,1-4H3. The second kappa shape index (κ2) is 112. The molecule has 0 aromatic carbocycles. The van der Waals surface area contributed by atoms with Crippen LogP contribution >= 0.6 is 100 Å². The highest BCUT2D eigenvalue weighted by Gasteiger charge is 2.17. The number of carbonyl (C=O) groups is 12. The molecule has 36 heteroatoms. The van der Waals surface area contributed by atoms with E-state index in [1.807, 2.05) is 178 Å². The van der Waals surface area contributed by atoms with Crippen LogP contribution in [-0.4, -0.2) is 270 Å². The van der Waals surface area contributed by atoms with Gasteiger partial charge in [-0.3, -0.25) is 57.5 Å². The summed E-state index contributed by atoms with van der Waals surface area (Å²) >= 11 is 5.30. The van der Waals surface area contributed by atoms with E-state index in [2.05, 4.69) is 83.1 Å². The summed E-state index contributed by atoms with van der Waals surface area (Å²) in [6.45, 7) is 80.3. The van der Waals surface area contributed by atoms with E-state index < -0.39 is 0 Å². The molecule has 0 fully saturated rings. The van der Waals surface area contributed by atoms with Gasteiger partial charge < -0.3 is 71.1 Å². The van der Waals surface area contributed by atoms with Crippen LogP contribution in [0.5, 0.6) is 0 Å². The Labute approximate surface area is 888 Å². The van der Waals surface area contributed by atoms with Gasteiger partial charge in [-0.2, -0.15) is 11.8 Å². The summed E-state index contributed by atoms with van der Waals surface area (Å²) in [5, 5.41) is 1.78. The van der Waals surface area contributed by atoms with Crippen LogP contribution in [0.1, 0.15) is 320 Å². The van der Waals surface area contributed by atoms with Crippen molar-refractivity contribution in [2.75, 3.05) is 171 Å². The van der Waals surface area contributed by atoms with E-state index in [-0.39, 0.29) is 132 Å². The van der Waals surface area contributed by atoms with Gasteiger partial charge in [0.1, 0.15) is 63.6 Å². The van der Waals surface area contributed by atoms with Gasteiger partial charge >= 0.3 is 47.8 Å². The van der Waals surface area contributed by atoms with Crippen LogP contribution in [0.4, 0.5) is 0 Å². The molecule has 0 saturated heterocycles. The Hall–Kier alpha value is -2.69. The van der Waals surface area contributed by atoms with E-state index in [4.69, 9.17) is 71.1 Å². The Bertz CT molecular complexity index is 2810. The Morgan fingerprint density at radius 2 is 0.464 bits per heavy atom. The number of thioether (sulfide) groups is 3. The molecule has 0 atom stereocenters. The third-order valence-electron chi connectivity index (χ3n) is 16.3. The monoisotopic (exact) mass is 2170 g/mol. The van der Waals surface area contributed by atoms with Crippen molar-refractivity contribution in [1.29, 1.82) is 0 Å². The Balaban J connectivity index is -0.000000198. The third-order valence-corrected chi connectivity index (χ3v) is 26.4. The number of rotatable bonds is 75. The second-order valence-corrected chi connectivity index (χ2v) is 50.6. The van der Waals surface area contributed by atoms with Gasteiger partial charge in [0.2, 0.25) is 0 Å². The molecule has 0 aliphatic rings. The summed E-state index contributed by atoms with van der Waals surface area (Å²) in [6.07, 6.45) is 8.00. The van der Waals surface area contributed by atoms with E-state index in [1.165, 1.54) is 6.42 Å². The van der Waals surface area contributed by atoms with Crippen LogP contribution < -0.4 is 0 Å². The largest absolute Gasteiger partial charge is 0.465 e. The van der Waals surface area contributed by atoms with Crippen LogP contribution in [0.25, 0.3) is 0 Å². The molecule has 0 spiro atoms. The molecule has 0 aliphatic carbocycles. The SMILES string of the molecule is CC(C)C(=O)CCCOCCSSCCOC(=O)C(C)C.CC(C)C(=O)CCSSCCOC(=O)C(C)C.CC(C)CCCOCCSSCCOC(=O)C(C)C.CC(C)COCCCC(=O)C(C)C.CC(C)COCCOC(=O)C(C)C.CC(C)OC(=O)CCCOCC(=O)C(C)C.CC(C)OC(=O)CCCOCSC(C)C.CC(C)SCCOC(=O)C(C)C.CC(C)SCOCCOC(=O)C(C)C. The molecule has 0 bridgehead atoms. The molecular formula is C104H202O27S9. The van der Waals surface area contributed by atoms with Crippen molar-refractivity contribution in [1.82, 2.24) is 0 Å². The molecule has 0 rings (SSSR count). The number of esters is 8. The third kappa shape index (κ3) is 139. The minimum atomic E-state index is -0.214. The lowest BCUT2D eigenvalue weighted by Gasteiger charge is -2.08. The summed E-state index contributed by atoms with van der Waals surface area (Å²) in [5.74, 6) is 9.35. The van der Waals surface area contributed by atoms with Gasteiger partial charge in [-0.05, 0) is 89.2 Å². The lowest BCUT2D eigenvalue weighted by Crippen LogP contribution is -2.16. The normalized spacial score (nSPS) is 11.0. The predicted molar refractivity (Wildman–Crippen MR) is 595 cm³/mol. The van der Waals surface area contributed by atoms with Gasteiger partial charge in [0.05, 0.1) is 86.0 Å². The second-order valence-electron chi connectivity index (χ2n) is 37.7. The summed E-state index contributed by atoms with van der Waals surface area (Å²) < 4.78 is 77.4. The van der Waals surface area contributed by atoms with Crippen molar-refractivity contribution >= 4 is 171 Å². The summed E-state index contributed by atoms with van der Waals surface area (Å²) in [7, 11) is 10.2. The summed E-state index contributed by atoms with van der Waals surface area (Å²) in [5.41, 5.74) is 0. The van der Waals surface area contributed by atoms with Gasteiger partial charge in [-0.25, -0.2) is 0 Å². The molecule has 0 aromatic heterocycles. The highest BCUT2D eigenvalue weighted by molar-refractivity contribution is 8.77. The summed E-state index contributed by atoms with van der Waals surface area (Å²) in [4.78, 5) is 134. The average Bonchev–Trinajstić information content (AvgIpc) is 1.05. The van der Waals surface area contributed by atoms with E-state index in [9.17, 15) is 57.5 Å². The molecule has 0 unspecified atom stereocenters. The first-order chi connectivity index (χ1) is 65.5. The zero-order valence-corrected chi connectivity index (χ0v) is 101. The Morgan fingerprint density at radius 3 is 0.771 bits per heavy atom. The average molecular weight is 2170 g/mol. The molecule has 0 N–H and O–H groups in total. The predicted octanol–water partition coefficient (Wildman–Crippen LogP) is 24.7. The van der Waals surface area contributed by atoms with Gasteiger partial charge in [-0.1, -0.05) is 286 Å². The van der Waals surface area contributed by atoms with Crippen LogP contribution in [0.2, 0.25) is 0 Å². The van der Waals surface area contributed by atoms with Gasteiger partial charge in [-0.15, -0.1) is 23.5 Å². The van der Waals surface area contributed by atoms with Crippen LogP contribution in [0, 0.1) is 76.9 Å². The van der Waals surface area contributed by atoms with Gasteiger partial charge in [0.15, 0.2) is 5.78 Å². The molecule has 0 heterocycles. The van der Waals surface area contributed by atoms with E-state index in [1.54, 1.807) is 88.3 Å². The number of ether oxygens (including phenoxy) is 15. The number of hydrogen-bond acceptors (Lipinski definition) is 36. The van der Waals surface area contributed by atoms with Crippen molar-refractivity contribution in [2.24, 2.45) is 76.9 Å². The molecule has 834 valence electrons. The maximum absolute atomic E-state index is 11.4. The lowest BCUT2D eigenvalue weighted by molar-refractivity contribution is -0.149. The highest BCUT2D eigenvalue weighted by Crippen LogP contribution is 2.24. The van der Waals surface area contributed by atoms with Crippen molar-refractivity contribution in [3.05, 3.63) is 0 Å². The maximum Gasteiger partial charge on any atom is 0.308 e. The summed E-state index contributed by atoms with van der Waals surface area (Å²) in [6, 6.07) is 0. The van der Waals surface area contributed by atoms with Crippen LogP contribution in [0.15, 0.2) is 0 Å². The number of hydrogen-bond donors (Lipinski definition) is 0. The van der Waals surface area contributed by atoms with Gasteiger partial charge in [0.25, 0.3) is 0 Å². The van der Waals surface area contributed by atoms with Crippen molar-refractivity contribution in [3.8, 4) is 0 Å². The quantitative estimate of drug-likeness (QED) is 0.0179. The molecule has 0 amide bonds. The van der Waals surface area contributed by atoms with Crippen molar-refractivity contribution in [2.45, 2.75) is 348 Å². The van der Waals surface area contributed by atoms with E-state index in [0.717, 1.165) is 105 Å². The van der Waals surface area contributed by atoms with E-state index >= 15 is 0 Å². The fourth-order valence-corrected chi connectivity index (χ4v) is 15.0. The first-order valence-corrected chi connectivity index (χ1v) is 61.3. The van der Waals surface area contributed by atoms with Crippen molar-refractivity contribution < 1.29 is 129 Å². The highest BCUT2D eigenvalue weighted by atomic mass is 33.1. The first kappa shape index (κ1) is 155. The smallest absolute Gasteiger partial charge is 0.308 e. The molecule has 0 radical (unpaired) electrons. The molecule has 0 saturated carbocycles. The molecule has 27 nitrogen and oxygen atoms in total. The minimum Gasteiger partial charge on any atom is -0.465 e. The zero-order chi connectivity index (χ0) is 109.